The van der Waals surface area contributed by atoms with Gasteiger partial charge in [-0.3, -0.25) is 0 Å². The Morgan fingerprint density at radius 2 is 2.24 bits per heavy atom. The van der Waals surface area contributed by atoms with Gasteiger partial charge >= 0.3 is 0 Å². The number of imidazole rings is 1. The summed E-state index contributed by atoms with van der Waals surface area (Å²) in [6.07, 6.45) is 6.10. The van der Waals surface area contributed by atoms with E-state index >= 15 is 0 Å². The van der Waals surface area contributed by atoms with Crippen LogP contribution in [0.5, 0.6) is 5.75 Å². The molecule has 3 rings (SSSR count). The van der Waals surface area contributed by atoms with Crippen LogP contribution in [0.4, 0.5) is 0 Å². The number of methoxy groups -OCH3 is 1. The Balaban J connectivity index is 1.76. The molecule has 4 nitrogen and oxygen atoms in total. The van der Waals surface area contributed by atoms with Gasteiger partial charge in [0.05, 0.1) is 13.4 Å². The van der Waals surface area contributed by atoms with Crippen molar-refractivity contribution in [2.24, 2.45) is 0 Å². The van der Waals surface area contributed by atoms with Gasteiger partial charge in [0.25, 0.3) is 0 Å². The molecule has 1 unspecified atom stereocenters. The molecule has 0 amide bonds. The van der Waals surface area contributed by atoms with E-state index in [9.17, 15) is 0 Å². The van der Waals surface area contributed by atoms with E-state index in [2.05, 4.69) is 33.9 Å². The maximum Gasteiger partial charge on any atom is 0.122 e. The number of rotatable bonds is 5. The van der Waals surface area contributed by atoms with Gasteiger partial charge in [0.15, 0.2) is 0 Å². The highest BCUT2D eigenvalue weighted by Gasteiger charge is 2.33. The third-order valence-corrected chi connectivity index (χ3v) is 4.51. The second-order valence-corrected chi connectivity index (χ2v) is 6.02. The van der Waals surface area contributed by atoms with Gasteiger partial charge < -0.3 is 14.6 Å². The van der Waals surface area contributed by atoms with Gasteiger partial charge in [-0.1, -0.05) is 25.1 Å². The van der Waals surface area contributed by atoms with Crippen molar-refractivity contribution >= 4 is 0 Å². The summed E-state index contributed by atoms with van der Waals surface area (Å²) in [5.41, 5.74) is 2.79. The third kappa shape index (κ3) is 2.81. The number of hydrogen-bond acceptors (Lipinski definition) is 3. The Bertz CT molecular complexity index is 600. The van der Waals surface area contributed by atoms with Gasteiger partial charge in [-0.05, 0) is 31.0 Å². The molecule has 2 aromatic rings. The number of para-hydroxylation sites is 1. The Morgan fingerprint density at radius 3 is 3.00 bits per heavy atom. The van der Waals surface area contributed by atoms with Crippen LogP contribution < -0.4 is 10.1 Å². The quantitative estimate of drug-likeness (QED) is 0.917. The van der Waals surface area contributed by atoms with Crippen LogP contribution in [-0.4, -0.2) is 29.8 Å². The number of hydrogen-bond donors (Lipinski definition) is 1. The molecule has 112 valence electrons. The molecule has 0 saturated carbocycles. The average molecular weight is 285 g/mol. The molecule has 1 fully saturated rings. The molecular formula is C17H23N3O. The van der Waals surface area contributed by atoms with Crippen LogP contribution in [0.3, 0.4) is 0 Å². The minimum atomic E-state index is 0.206. The minimum absolute atomic E-state index is 0.206. The number of aryl methyl sites for hydroxylation is 2. The Morgan fingerprint density at radius 1 is 1.38 bits per heavy atom. The molecule has 1 aliphatic heterocycles. The molecule has 0 radical (unpaired) electrons. The molecule has 1 atom stereocenters. The third-order valence-electron chi connectivity index (χ3n) is 4.51. The Kier molecular flexibility index (Phi) is 3.97. The molecular weight excluding hydrogens is 262 g/mol. The molecule has 21 heavy (non-hydrogen) atoms. The molecule has 1 N–H and O–H groups in total. The van der Waals surface area contributed by atoms with Crippen molar-refractivity contribution in [1.82, 2.24) is 14.9 Å². The van der Waals surface area contributed by atoms with E-state index in [1.807, 2.05) is 24.7 Å². The molecule has 0 aliphatic carbocycles. The van der Waals surface area contributed by atoms with Gasteiger partial charge in [0.1, 0.15) is 5.75 Å². The summed E-state index contributed by atoms with van der Waals surface area (Å²) in [6.45, 7) is 5.39. The summed E-state index contributed by atoms with van der Waals surface area (Å²) in [6, 6.07) is 8.23. The van der Waals surface area contributed by atoms with E-state index in [1.165, 1.54) is 17.7 Å². The molecule has 4 heteroatoms. The zero-order chi connectivity index (χ0) is 14.7. The first-order valence-electron chi connectivity index (χ1n) is 7.56. The number of aromatic nitrogens is 2. The van der Waals surface area contributed by atoms with Crippen molar-refractivity contribution in [3.63, 3.8) is 0 Å². The van der Waals surface area contributed by atoms with Gasteiger partial charge in [-0.15, -0.1) is 0 Å². The SMILES string of the molecule is COc1ccccc1CCn1cncc1C1(C)CCNC1. The molecule has 1 saturated heterocycles. The van der Waals surface area contributed by atoms with Gasteiger partial charge in [0, 0.05) is 30.4 Å². The smallest absolute Gasteiger partial charge is 0.122 e. The lowest BCUT2D eigenvalue weighted by Gasteiger charge is -2.24. The lowest BCUT2D eigenvalue weighted by molar-refractivity contribution is 0.407. The summed E-state index contributed by atoms with van der Waals surface area (Å²) in [5, 5.41) is 3.46. The Hall–Kier alpha value is -1.81. The average Bonchev–Trinajstić information content (AvgIpc) is 3.15. The van der Waals surface area contributed by atoms with Crippen LogP contribution in [0.1, 0.15) is 24.6 Å². The summed E-state index contributed by atoms with van der Waals surface area (Å²) < 4.78 is 7.72. The fourth-order valence-electron chi connectivity index (χ4n) is 3.19. The summed E-state index contributed by atoms with van der Waals surface area (Å²) in [7, 11) is 1.73. The highest BCUT2D eigenvalue weighted by Crippen LogP contribution is 2.30. The maximum atomic E-state index is 5.43. The van der Waals surface area contributed by atoms with E-state index in [-0.39, 0.29) is 5.41 Å². The first kappa shape index (κ1) is 14.1. The lowest BCUT2D eigenvalue weighted by Crippen LogP contribution is -2.28. The van der Waals surface area contributed by atoms with Crippen molar-refractivity contribution in [3.8, 4) is 5.75 Å². The number of nitrogens with zero attached hydrogens (tertiary/aromatic N) is 2. The van der Waals surface area contributed by atoms with Gasteiger partial charge in [-0.2, -0.15) is 0 Å². The first-order valence-corrected chi connectivity index (χ1v) is 7.56. The molecule has 0 bridgehead atoms. The number of benzene rings is 1. The monoisotopic (exact) mass is 285 g/mol. The van der Waals surface area contributed by atoms with Crippen LogP contribution >= 0.6 is 0 Å². The van der Waals surface area contributed by atoms with Crippen molar-refractivity contribution < 1.29 is 4.74 Å². The normalized spacial score (nSPS) is 21.6. The number of nitrogens with one attached hydrogen (secondary N) is 1. The molecule has 1 aromatic carbocycles. The van der Waals surface area contributed by atoms with E-state index in [0.717, 1.165) is 31.8 Å². The highest BCUT2D eigenvalue weighted by atomic mass is 16.5. The molecule has 0 spiro atoms. The second kappa shape index (κ2) is 5.90. The topological polar surface area (TPSA) is 39.1 Å². The van der Waals surface area contributed by atoms with E-state index in [0.29, 0.717) is 0 Å². The first-order chi connectivity index (χ1) is 10.2. The second-order valence-electron chi connectivity index (χ2n) is 6.02. The zero-order valence-corrected chi connectivity index (χ0v) is 12.8. The number of ether oxygens (including phenoxy) is 1. The lowest BCUT2D eigenvalue weighted by atomic mass is 9.86. The minimum Gasteiger partial charge on any atom is -0.496 e. The zero-order valence-electron chi connectivity index (χ0n) is 12.8. The summed E-state index contributed by atoms with van der Waals surface area (Å²) >= 11 is 0. The summed E-state index contributed by atoms with van der Waals surface area (Å²) in [5.74, 6) is 0.966. The fourth-order valence-corrected chi connectivity index (χ4v) is 3.19. The van der Waals surface area contributed by atoms with E-state index in [1.54, 1.807) is 7.11 Å². The van der Waals surface area contributed by atoms with Crippen molar-refractivity contribution in [2.75, 3.05) is 20.2 Å². The maximum absolute atomic E-state index is 5.43. The van der Waals surface area contributed by atoms with Crippen LogP contribution in [-0.2, 0) is 18.4 Å². The molecule has 2 heterocycles. The largest absolute Gasteiger partial charge is 0.496 e. The molecule has 1 aliphatic rings. The summed E-state index contributed by atoms with van der Waals surface area (Å²) in [4.78, 5) is 4.37. The van der Waals surface area contributed by atoms with Crippen LogP contribution in [0.25, 0.3) is 0 Å². The van der Waals surface area contributed by atoms with Crippen LogP contribution in [0, 0.1) is 0 Å². The van der Waals surface area contributed by atoms with Crippen molar-refractivity contribution in [3.05, 3.63) is 48.0 Å². The van der Waals surface area contributed by atoms with Gasteiger partial charge in [-0.25, -0.2) is 4.98 Å². The van der Waals surface area contributed by atoms with E-state index in [4.69, 9.17) is 4.74 Å². The van der Waals surface area contributed by atoms with Gasteiger partial charge in [0.2, 0.25) is 0 Å². The molecule has 1 aromatic heterocycles. The van der Waals surface area contributed by atoms with Crippen molar-refractivity contribution in [2.45, 2.75) is 31.7 Å². The van der Waals surface area contributed by atoms with Crippen LogP contribution in [0.2, 0.25) is 0 Å². The standard InChI is InChI=1S/C17H23N3O/c1-17(8-9-18-12-17)16-11-19-13-20(16)10-7-14-5-3-4-6-15(14)21-2/h3-6,11,13,18H,7-10,12H2,1-2H3. The fraction of sp³-hybridized carbons (Fsp3) is 0.471. The Labute approximate surface area is 126 Å². The van der Waals surface area contributed by atoms with Crippen molar-refractivity contribution in [1.29, 1.82) is 0 Å². The predicted molar refractivity (Wildman–Crippen MR) is 83.8 cm³/mol. The predicted octanol–water partition coefficient (Wildman–Crippen LogP) is 2.39. The van der Waals surface area contributed by atoms with Crippen LogP contribution in [0.15, 0.2) is 36.8 Å². The van der Waals surface area contributed by atoms with E-state index < -0.39 is 0 Å². The highest BCUT2D eigenvalue weighted by molar-refractivity contribution is 5.33.